The topological polar surface area (TPSA) is 84.6 Å². The molecule has 1 amide bonds. The lowest BCUT2D eigenvalue weighted by atomic mass is 10.0. The van der Waals surface area contributed by atoms with E-state index in [4.69, 9.17) is 10.5 Å². The number of hydrogen-bond donors (Lipinski definition) is 3. The largest absolute Gasteiger partial charge is 0.386 e. The van der Waals surface area contributed by atoms with Crippen LogP contribution >= 0.6 is 0 Å². The summed E-state index contributed by atoms with van der Waals surface area (Å²) < 4.78 is 5.12. The Morgan fingerprint density at radius 1 is 1.47 bits per heavy atom. The van der Waals surface area contributed by atoms with E-state index < -0.39 is 11.6 Å². The van der Waals surface area contributed by atoms with Crippen molar-refractivity contribution in [1.82, 2.24) is 5.32 Å². The van der Waals surface area contributed by atoms with E-state index in [0.29, 0.717) is 19.4 Å². The van der Waals surface area contributed by atoms with Crippen molar-refractivity contribution in [2.75, 3.05) is 19.8 Å². The summed E-state index contributed by atoms with van der Waals surface area (Å²) in [6.45, 7) is 0.984. The molecule has 2 atom stereocenters. The molecule has 2 rings (SSSR count). The summed E-state index contributed by atoms with van der Waals surface area (Å²) in [4.78, 5) is 11.9. The number of benzene rings is 1. The van der Waals surface area contributed by atoms with E-state index in [1.807, 2.05) is 30.3 Å². The maximum Gasteiger partial charge on any atom is 0.237 e. The Morgan fingerprint density at radius 3 is 2.84 bits per heavy atom. The van der Waals surface area contributed by atoms with Gasteiger partial charge < -0.3 is 20.9 Å². The first-order chi connectivity index (χ1) is 9.09. The molecule has 104 valence electrons. The van der Waals surface area contributed by atoms with Gasteiger partial charge >= 0.3 is 0 Å². The minimum Gasteiger partial charge on any atom is -0.386 e. The molecular formula is C14H20N2O3. The van der Waals surface area contributed by atoms with Crippen LogP contribution in [0.4, 0.5) is 0 Å². The van der Waals surface area contributed by atoms with E-state index >= 15 is 0 Å². The SMILES string of the molecule is N[C@H](Cc1ccccc1)C(=O)NCC1(O)CCOC1. The van der Waals surface area contributed by atoms with Gasteiger partial charge in [0.2, 0.25) is 5.91 Å². The minimum absolute atomic E-state index is 0.189. The molecular weight excluding hydrogens is 244 g/mol. The van der Waals surface area contributed by atoms with Crippen LogP contribution in [-0.4, -0.2) is 42.4 Å². The summed E-state index contributed by atoms with van der Waals surface area (Å²) in [5.41, 5.74) is 5.93. The Balaban J connectivity index is 1.79. The molecule has 5 heteroatoms. The first-order valence-electron chi connectivity index (χ1n) is 6.46. The van der Waals surface area contributed by atoms with E-state index in [1.165, 1.54) is 0 Å². The lowest BCUT2D eigenvalue weighted by Crippen LogP contribution is -2.49. The number of amides is 1. The Kier molecular flexibility index (Phi) is 4.52. The standard InChI is InChI=1S/C14H20N2O3/c15-12(8-11-4-2-1-3-5-11)13(17)16-9-14(18)6-7-19-10-14/h1-5,12,18H,6-10,15H2,(H,16,17)/t12-,14?/m1/s1. The van der Waals surface area contributed by atoms with Crippen LogP contribution in [0.1, 0.15) is 12.0 Å². The highest BCUT2D eigenvalue weighted by Crippen LogP contribution is 2.16. The molecule has 1 unspecified atom stereocenters. The van der Waals surface area contributed by atoms with E-state index in [-0.39, 0.29) is 19.1 Å². The number of nitrogens with two attached hydrogens (primary N) is 1. The fourth-order valence-electron chi connectivity index (χ4n) is 2.08. The first kappa shape index (κ1) is 14.0. The molecule has 1 heterocycles. The Morgan fingerprint density at radius 2 is 2.21 bits per heavy atom. The summed E-state index contributed by atoms with van der Waals surface area (Å²) in [5.74, 6) is -0.246. The maximum atomic E-state index is 11.9. The van der Waals surface area contributed by atoms with E-state index in [2.05, 4.69) is 5.32 Å². The zero-order valence-electron chi connectivity index (χ0n) is 10.8. The second kappa shape index (κ2) is 6.14. The van der Waals surface area contributed by atoms with Crippen molar-refractivity contribution in [3.05, 3.63) is 35.9 Å². The minimum atomic E-state index is -0.942. The number of carbonyl (C=O) groups is 1. The molecule has 0 bridgehead atoms. The third-order valence-corrected chi connectivity index (χ3v) is 3.31. The van der Waals surface area contributed by atoms with E-state index in [9.17, 15) is 9.90 Å². The van der Waals surface area contributed by atoms with Gasteiger partial charge in [-0.1, -0.05) is 30.3 Å². The Bertz CT molecular complexity index is 416. The highest BCUT2D eigenvalue weighted by Gasteiger charge is 2.32. The third-order valence-electron chi connectivity index (χ3n) is 3.31. The maximum absolute atomic E-state index is 11.9. The highest BCUT2D eigenvalue weighted by atomic mass is 16.5. The van der Waals surface area contributed by atoms with Crippen LogP contribution in [-0.2, 0) is 16.0 Å². The average molecular weight is 264 g/mol. The monoisotopic (exact) mass is 264 g/mol. The fraction of sp³-hybridized carbons (Fsp3) is 0.500. The molecule has 1 saturated heterocycles. The summed E-state index contributed by atoms with van der Waals surface area (Å²) in [6.07, 6.45) is 1.03. The van der Waals surface area contributed by atoms with E-state index in [1.54, 1.807) is 0 Å². The molecule has 1 fully saturated rings. The molecule has 0 aliphatic carbocycles. The van der Waals surface area contributed by atoms with Crippen molar-refractivity contribution < 1.29 is 14.6 Å². The molecule has 1 aromatic rings. The van der Waals surface area contributed by atoms with Crippen LogP contribution in [0.5, 0.6) is 0 Å². The second-order valence-corrected chi connectivity index (χ2v) is 5.04. The fourth-order valence-corrected chi connectivity index (χ4v) is 2.08. The van der Waals surface area contributed by atoms with Crippen LogP contribution < -0.4 is 11.1 Å². The van der Waals surface area contributed by atoms with Gasteiger partial charge in [-0.3, -0.25) is 4.79 Å². The van der Waals surface area contributed by atoms with Crippen molar-refractivity contribution in [3.63, 3.8) is 0 Å². The van der Waals surface area contributed by atoms with E-state index in [0.717, 1.165) is 5.56 Å². The lowest BCUT2D eigenvalue weighted by molar-refractivity contribution is -0.123. The summed E-state index contributed by atoms with van der Waals surface area (Å²) >= 11 is 0. The quantitative estimate of drug-likeness (QED) is 0.689. The average Bonchev–Trinajstić information content (AvgIpc) is 2.84. The number of ether oxygens (including phenoxy) is 1. The molecule has 1 aliphatic heterocycles. The summed E-state index contributed by atoms with van der Waals surface area (Å²) in [6, 6.07) is 9.02. The third kappa shape index (κ3) is 4.02. The number of rotatable bonds is 5. The zero-order chi connectivity index (χ0) is 13.7. The smallest absolute Gasteiger partial charge is 0.237 e. The molecule has 0 radical (unpaired) electrons. The van der Waals surface area contributed by atoms with Crippen LogP contribution in [0.3, 0.4) is 0 Å². The molecule has 0 aromatic heterocycles. The summed E-state index contributed by atoms with van der Waals surface area (Å²) in [7, 11) is 0. The number of aliphatic hydroxyl groups is 1. The highest BCUT2D eigenvalue weighted by molar-refractivity contribution is 5.81. The van der Waals surface area contributed by atoms with Crippen molar-refractivity contribution in [1.29, 1.82) is 0 Å². The zero-order valence-corrected chi connectivity index (χ0v) is 10.8. The van der Waals surface area contributed by atoms with Crippen molar-refractivity contribution in [3.8, 4) is 0 Å². The van der Waals surface area contributed by atoms with Crippen LogP contribution in [0.15, 0.2) is 30.3 Å². The van der Waals surface area contributed by atoms with Crippen molar-refractivity contribution in [2.24, 2.45) is 5.73 Å². The molecule has 19 heavy (non-hydrogen) atoms. The molecule has 1 aromatic carbocycles. The van der Waals surface area contributed by atoms with Crippen molar-refractivity contribution >= 4 is 5.91 Å². The van der Waals surface area contributed by atoms with Crippen LogP contribution in [0.2, 0.25) is 0 Å². The van der Waals surface area contributed by atoms with Gasteiger partial charge in [0.15, 0.2) is 0 Å². The van der Waals surface area contributed by atoms with Gasteiger partial charge in [-0.2, -0.15) is 0 Å². The Hall–Kier alpha value is -1.43. The van der Waals surface area contributed by atoms with Gasteiger partial charge in [-0.05, 0) is 12.0 Å². The molecule has 5 nitrogen and oxygen atoms in total. The predicted molar refractivity (Wildman–Crippen MR) is 71.5 cm³/mol. The molecule has 0 saturated carbocycles. The van der Waals surface area contributed by atoms with Gasteiger partial charge in [0, 0.05) is 19.6 Å². The van der Waals surface area contributed by atoms with Gasteiger partial charge in [-0.15, -0.1) is 0 Å². The first-order valence-corrected chi connectivity index (χ1v) is 6.46. The van der Waals surface area contributed by atoms with Gasteiger partial charge in [0.05, 0.1) is 12.6 Å². The van der Waals surface area contributed by atoms with Gasteiger partial charge in [0.25, 0.3) is 0 Å². The summed E-state index contributed by atoms with van der Waals surface area (Å²) in [5, 5.41) is 12.7. The van der Waals surface area contributed by atoms with Crippen LogP contribution in [0, 0.1) is 0 Å². The van der Waals surface area contributed by atoms with Crippen LogP contribution in [0.25, 0.3) is 0 Å². The molecule has 4 N–H and O–H groups in total. The number of hydrogen-bond acceptors (Lipinski definition) is 4. The van der Waals surface area contributed by atoms with Gasteiger partial charge in [0.1, 0.15) is 5.60 Å². The number of carbonyl (C=O) groups excluding carboxylic acids is 1. The predicted octanol–water partition coefficient (Wildman–Crippen LogP) is -0.176. The lowest BCUT2D eigenvalue weighted by Gasteiger charge is -2.22. The van der Waals surface area contributed by atoms with Crippen molar-refractivity contribution in [2.45, 2.75) is 24.5 Å². The number of nitrogens with one attached hydrogen (secondary N) is 1. The Labute approximate surface area is 112 Å². The van der Waals surface area contributed by atoms with Gasteiger partial charge in [-0.25, -0.2) is 0 Å². The second-order valence-electron chi connectivity index (χ2n) is 5.04. The molecule has 1 aliphatic rings. The molecule has 0 spiro atoms. The normalized spacial score (nSPS) is 24.1.